The van der Waals surface area contributed by atoms with Crippen molar-refractivity contribution >= 4 is 40.7 Å². The molecule has 0 saturated carbocycles. The molecule has 2 heterocycles. The van der Waals surface area contributed by atoms with E-state index < -0.39 is 6.04 Å². The van der Waals surface area contributed by atoms with Gasteiger partial charge in [0, 0.05) is 22.0 Å². The number of amides is 1. The van der Waals surface area contributed by atoms with E-state index in [9.17, 15) is 9.90 Å². The number of nitrogens with one attached hydrogen (secondary N) is 2. The molecule has 0 aliphatic carbocycles. The molecule has 9 heteroatoms. The maximum Gasteiger partial charge on any atom is 0.255 e. The number of para-hydroxylation sites is 1. The zero-order valence-electron chi connectivity index (χ0n) is 18.0. The van der Waals surface area contributed by atoms with Crippen LogP contribution in [0.25, 0.3) is 11.4 Å². The quantitative estimate of drug-likeness (QED) is 0.331. The van der Waals surface area contributed by atoms with Crippen LogP contribution >= 0.6 is 23.2 Å². The summed E-state index contributed by atoms with van der Waals surface area (Å²) in [6.45, 7) is 1.82. The number of anilines is 2. The van der Waals surface area contributed by atoms with E-state index in [4.69, 9.17) is 28.3 Å². The first-order chi connectivity index (χ1) is 16.4. The zero-order valence-corrected chi connectivity index (χ0v) is 19.5. The van der Waals surface area contributed by atoms with Gasteiger partial charge in [0.05, 0.1) is 10.6 Å². The van der Waals surface area contributed by atoms with E-state index in [2.05, 4.69) is 15.6 Å². The van der Waals surface area contributed by atoms with Gasteiger partial charge in [-0.05, 0) is 55.0 Å². The van der Waals surface area contributed by atoms with E-state index in [1.54, 1.807) is 47.1 Å². The highest BCUT2D eigenvalue weighted by Gasteiger charge is 2.34. The van der Waals surface area contributed by atoms with E-state index in [1.807, 2.05) is 37.3 Å². The van der Waals surface area contributed by atoms with Crippen molar-refractivity contribution < 1.29 is 9.90 Å². The summed E-state index contributed by atoms with van der Waals surface area (Å²) < 4.78 is 1.65. The minimum Gasteiger partial charge on any atom is -0.508 e. The minimum atomic E-state index is -0.590. The van der Waals surface area contributed by atoms with Gasteiger partial charge in [-0.3, -0.25) is 4.79 Å². The van der Waals surface area contributed by atoms with Crippen LogP contribution in [0.15, 0.2) is 84.1 Å². The number of benzene rings is 3. The van der Waals surface area contributed by atoms with Crippen LogP contribution in [-0.4, -0.2) is 25.8 Å². The van der Waals surface area contributed by atoms with Gasteiger partial charge in [0.15, 0.2) is 5.82 Å². The molecule has 4 aromatic rings. The first kappa shape index (κ1) is 22.0. The number of rotatable bonds is 4. The number of hydrogen-bond acceptors (Lipinski definition) is 5. The molecule has 7 nitrogen and oxygen atoms in total. The molecule has 0 saturated heterocycles. The molecule has 3 aromatic carbocycles. The molecule has 34 heavy (non-hydrogen) atoms. The third kappa shape index (κ3) is 4.11. The van der Waals surface area contributed by atoms with Crippen molar-refractivity contribution in [2.24, 2.45) is 0 Å². The number of aromatic nitrogens is 3. The van der Waals surface area contributed by atoms with Gasteiger partial charge in [-0.15, -0.1) is 5.10 Å². The summed E-state index contributed by atoms with van der Waals surface area (Å²) in [6.07, 6.45) is 0. The Kier molecular flexibility index (Phi) is 5.73. The number of fused-ring (bicyclic) bond motifs is 1. The van der Waals surface area contributed by atoms with Crippen LogP contribution in [0.3, 0.4) is 0 Å². The molecule has 0 fully saturated rings. The summed E-state index contributed by atoms with van der Waals surface area (Å²) in [7, 11) is 0. The van der Waals surface area contributed by atoms with Crippen LogP contribution in [0.2, 0.25) is 10.0 Å². The second-order valence-corrected chi connectivity index (χ2v) is 8.65. The summed E-state index contributed by atoms with van der Waals surface area (Å²) in [5.41, 5.74) is 3.17. The number of nitrogens with zero attached hydrogens (tertiary/aromatic N) is 3. The molecule has 0 radical (unpaired) electrons. The Labute approximate surface area is 205 Å². The van der Waals surface area contributed by atoms with Crippen molar-refractivity contribution in [2.75, 3.05) is 10.6 Å². The topological polar surface area (TPSA) is 92.1 Å². The van der Waals surface area contributed by atoms with Gasteiger partial charge in [0.1, 0.15) is 11.8 Å². The third-order valence-corrected chi connectivity index (χ3v) is 6.06. The van der Waals surface area contributed by atoms with Crippen molar-refractivity contribution in [3.63, 3.8) is 0 Å². The van der Waals surface area contributed by atoms with Crippen molar-refractivity contribution in [3.05, 3.63) is 99.7 Å². The highest BCUT2D eigenvalue weighted by Crippen LogP contribution is 2.38. The highest BCUT2D eigenvalue weighted by atomic mass is 35.5. The van der Waals surface area contributed by atoms with Crippen molar-refractivity contribution in [1.82, 2.24) is 14.8 Å². The Hall–Kier alpha value is -3.81. The Morgan fingerprint density at radius 2 is 1.79 bits per heavy atom. The zero-order chi connectivity index (χ0) is 23.8. The Bertz CT molecular complexity index is 1420. The van der Waals surface area contributed by atoms with Crippen LogP contribution in [0.1, 0.15) is 18.5 Å². The molecule has 0 bridgehead atoms. The van der Waals surface area contributed by atoms with Crippen molar-refractivity contribution in [3.8, 4) is 17.1 Å². The molecule has 1 amide bonds. The van der Waals surface area contributed by atoms with Crippen LogP contribution in [0.4, 0.5) is 11.6 Å². The molecule has 5 rings (SSSR count). The molecular formula is C25H19Cl2N5O2. The first-order valence-corrected chi connectivity index (χ1v) is 11.2. The second-order valence-electron chi connectivity index (χ2n) is 7.81. The molecular weight excluding hydrogens is 473 g/mol. The molecule has 1 unspecified atom stereocenters. The van der Waals surface area contributed by atoms with Crippen LogP contribution in [0, 0.1) is 0 Å². The van der Waals surface area contributed by atoms with Gasteiger partial charge >= 0.3 is 0 Å². The van der Waals surface area contributed by atoms with Crippen LogP contribution < -0.4 is 10.6 Å². The number of allylic oxidation sites excluding steroid dienone is 1. The average molecular weight is 492 g/mol. The Morgan fingerprint density at radius 3 is 2.50 bits per heavy atom. The lowest BCUT2D eigenvalue weighted by atomic mass is 9.95. The van der Waals surface area contributed by atoms with E-state index in [0.717, 1.165) is 5.56 Å². The molecule has 170 valence electrons. The SMILES string of the molecule is CC1=C(C(=O)Nc2ccccc2)C(c2ccc(O)cc2)n2nc(-c3ccc(Cl)cc3Cl)nc2N1. The fraction of sp³-hybridized carbons (Fsp3) is 0.0800. The fourth-order valence-corrected chi connectivity index (χ4v) is 4.41. The normalized spacial score (nSPS) is 15.0. The molecule has 1 aliphatic rings. The van der Waals surface area contributed by atoms with Crippen LogP contribution in [-0.2, 0) is 4.79 Å². The van der Waals surface area contributed by atoms with Gasteiger partial charge in [-0.1, -0.05) is 53.5 Å². The highest BCUT2D eigenvalue weighted by molar-refractivity contribution is 6.36. The maximum absolute atomic E-state index is 13.5. The lowest BCUT2D eigenvalue weighted by Crippen LogP contribution is -2.31. The monoisotopic (exact) mass is 491 g/mol. The summed E-state index contributed by atoms with van der Waals surface area (Å²) >= 11 is 12.4. The number of halogens is 2. The summed E-state index contributed by atoms with van der Waals surface area (Å²) in [5, 5.41) is 21.6. The average Bonchev–Trinajstić information content (AvgIpc) is 3.22. The largest absolute Gasteiger partial charge is 0.508 e. The lowest BCUT2D eigenvalue weighted by molar-refractivity contribution is -0.113. The predicted molar refractivity (Wildman–Crippen MR) is 133 cm³/mol. The smallest absolute Gasteiger partial charge is 0.255 e. The number of carbonyl (C=O) groups excluding carboxylic acids is 1. The minimum absolute atomic E-state index is 0.126. The molecule has 1 aromatic heterocycles. The van der Waals surface area contributed by atoms with Crippen molar-refractivity contribution in [2.45, 2.75) is 13.0 Å². The summed E-state index contributed by atoms with van der Waals surface area (Å²) in [5.74, 6) is 0.709. The fourth-order valence-electron chi connectivity index (χ4n) is 3.91. The summed E-state index contributed by atoms with van der Waals surface area (Å²) in [6, 6.07) is 20.4. The second kappa shape index (κ2) is 8.85. The Morgan fingerprint density at radius 1 is 1.06 bits per heavy atom. The van der Waals surface area contributed by atoms with Gasteiger partial charge in [0.2, 0.25) is 5.95 Å². The number of phenolic OH excluding ortho intramolecular Hbond substituents is 1. The number of phenols is 1. The maximum atomic E-state index is 13.5. The van der Waals surface area contributed by atoms with E-state index >= 15 is 0 Å². The number of carbonyl (C=O) groups is 1. The van der Waals surface area contributed by atoms with Crippen molar-refractivity contribution in [1.29, 1.82) is 0 Å². The lowest BCUT2D eigenvalue weighted by Gasteiger charge is -2.28. The predicted octanol–water partition coefficient (Wildman–Crippen LogP) is 5.89. The van der Waals surface area contributed by atoms with Gasteiger partial charge in [-0.25, -0.2) is 4.68 Å². The molecule has 1 aliphatic heterocycles. The van der Waals surface area contributed by atoms with Gasteiger partial charge in [0.25, 0.3) is 5.91 Å². The van der Waals surface area contributed by atoms with Crippen LogP contribution in [0.5, 0.6) is 5.75 Å². The van der Waals surface area contributed by atoms with E-state index in [-0.39, 0.29) is 11.7 Å². The molecule has 1 atom stereocenters. The van der Waals surface area contributed by atoms with E-state index in [0.29, 0.717) is 44.3 Å². The standard InChI is InChI=1S/C25H19Cl2N5O2/c1-14-21(24(34)29-17-5-3-2-4-6-17)22(15-7-10-18(33)11-8-15)32-25(28-14)30-23(31-32)19-12-9-16(26)13-20(19)27/h2-13,22,33H,1H3,(H,29,34)(H,28,30,31). The first-order valence-electron chi connectivity index (χ1n) is 10.5. The van der Waals surface area contributed by atoms with Gasteiger partial charge in [-0.2, -0.15) is 4.98 Å². The van der Waals surface area contributed by atoms with E-state index in [1.165, 1.54) is 0 Å². The van der Waals surface area contributed by atoms with Gasteiger partial charge < -0.3 is 15.7 Å². The third-order valence-electron chi connectivity index (χ3n) is 5.51. The molecule has 3 N–H and O–H groups in total. The Balaban J connectivity index is 1.61. The molecule has 0 spiro atoms. The number of aromatic hydroxyl groups is 1. The summed E-state index contributed by atoms with van der Waals surface area (Å²) in [4.78, 5) is 18.1. The number of hydrogen-bond donors (Lipinski definition) is 3.